The van der Waals surface area contributed by atoms with Crippen LogP contribution in [0.15, 0.2) is 0 Å². The Hall–Kier alpha value is -0.620. The summed E-state index contributed by atoms with van der Waals surface area (Å²) < 4.78 is 23.5. The molecule has 0 saturated carbocycles. The Morgan fingerprint density at radius 3 is 2.31 bits per heavy atom. The first-order chi connectivity index (χ1) is 5.82. The molecule has 5 nitrogen and oxygen atoms in total. The van der Waals surface area contributed by atoms with Gasteiger partial charge in [0.25, 0.3) is 0 Å². The van der Waals surface area contributed by atoms with Crippen LogP contribution in [-0.4, -0.2) is 42.6 Å². The molecule has 1 rings (SSSR count). The van der Waals surface area contributed by atoms with Crippen LogP contribution in [0.3, 0.4) is 0 Å². The van der Waals surface area contributed by atoms with Gasteiger partial charge in [-0.25, -0.2) is 8.42 Å². The van der Waals surface area contributed by atoms with Crippen molar-refractivity contribution >= 4 is 16.0 Å². The van der Waals surface area contributed by atoms with Crippen LogP contribution in [0, 0.1) is 5.92 Å². The third kappa shape index (κ3) is 2.19. The summed E-state index contributed by atoms with van der Waals surface area (Å²) in [5.41, 5.74) is 0. The van der Waals surface area contributed by atoms with Gasteiger partial charge in [-0.3, -0.25) is 4.79 Å². The van der Waals surface area contributed by atoms with Crippen LogP contribution in [0.5, 0.6) is 0 Å². The maximum Gasteiger partial charge on any atom is 0.307 e. The number of aliphatic carboxylic acids is 1. The van der Waals surface area contributed by atoms with Gasteiger partial charge >= 0.3 is 5.97 Å². The molecule has 1 aliphatic rings. The highest BCUT2D eigenvalue weighted by Crippen LogP contribution is 2.25. The first-order valence-electron chi connectivity index (χ1n) is 4.02. The zero-order valence-electron chi connectivity index (χ0n) is 7.60. The Morgan fingerprint density at radius 2 is 2.08 bits per heavy atom. The number of rotatable bonds is 2. The number of carboxylic acid groups (broad SMARTS) is 1. The second-order valence-corrected chi connectivity index (χ2v) is 5.39. The molecule has 76 valence electrons. The van der Waals surface area contributed by atoms with Crippen LogP contribution in [0.2, 0.25) is 0 Å². The molecular weight excluding hydrogens is 194 g/mol. The van der Waals surface area contributed by atoms with Crippen molar-refractivity contribution in [1.29, 1.82) is 0 Å². The van der Waals surface area contributed by atoms with Gasteiger partial charge in [-0.1, -0.05) is 0 Å². The van der Waals surface area contributed by atoms with E-state index in [9.17, 15) is 13.2 Å². The molecule has 6 heteroatoms. The first-order valence-corrected chi connectivity index (χ1v) is 5.87. The number of carboxylic acids is 1. The van der Waals surface area contributed by atoms with E-state index in [1.165, 1.54) is 4.31 Å². The highest BCUT2D eigenvalue weighted by atomic mass is 32.2. The van der Waals surface area contributed by atoms with E-state index >= 15 is 0 Å². The highest BCUT2D eigenvalue weighted by molar-refractivity contribution is 7.88. The average molecular weight is 207 g/mol. The molecule has 1 heterocycles. The molecule has 2 unspecified atom stereocenters. The minimum Gasteiger partial charge on any atom is -0.481 e. The van der Waals surface area contributed by atoms with Crippen molar-refractivity contribution in [2.24, 2.45) is 5.92 Å². The van der Waals surface area contributed by atoms with Crippen LogP contribution < -0.4 is 0 Å². The molecule has 1 aliphatic heterocycles. The molecule has 0 aromatic rings. The fourth-order valence-electron chi connectivity index (χ4n) is 1.64. The fraction of sp³-hybridized carbons (Fsp3) is 0.857. The Kier molecular flexibility index (Phi) is 2.63. The van der Waals surface area contributed by atoms with Gasteiger partial charge < -0.3 is 5.11 Å². The third-order valence-corrected chi connectivity index (χ3v) is 3.65. The van der Waals surface area contributed by atoms with E-state index in [1.807, 2.05) is 0 Å². The summed E-state index contributed by atoms with van der Waals surface area (Å²) in [5.74, 6) is -1.47. The molecule has 13 heavy (non-hydrogen) atoms. The van der Waals surface area contributed by atoms with Crippen molar-refractivity contribution in [2.75, 3.05) is 12.8 Å². The summed E-state index contributed by atoms with van der Waals surface area (Å²) in [6.07, 6.45) is 1.51. The molecule has 0 radical (unpaired) electrons. The normalized spacial score (nSPS) is 30.6. The summed E-state index contributed by atoms with van der Waals surface area (Å²) >= 11 is 0. The second kappa shape index (κ2) is 3.26. The van der Waals surface area contributed by atoms with Gasteiger partial charge in [0.1, 0.15) is 0 Å². The predicted molar refractivity (Wildman–Crippen MR) is 46.8 cm³/mol. The van der Waals surface area contributed by atoms with E-state index in [0.29, 0.717) is 6.42 Å². The lowest BCUT2D eigenvalue weighted by Crippen LogP contribution is -2.33. The Labute approximate surface area is 77.4 Å². The number of hydrogen-bond acceptors (Lipinski definition) is 3. The van der Waals surface area contributed by atoms with Gasteiger partial charge in [-0.05, 0) is 13.3 Å². The lowest BCUT2D eigenvalue weighted by molar-refractivity contribution is -0.141. The maximum atomic E-state index is 11.1. The SMILES string of the molecule is CC1CC(C(=O)O)CN1S(C)(=O)=O. The number of nitrogens with zero attached hydrogens (tertiary/aromatic N) is 1. The van der Waals surface area contributed by atoms with Crippen molar-refractivity contribution in [1.82, 2.24) is 4.31 Å². The van der Waals surface area contributed by atoms with Crippen LogP contribution in [0.1, 0.15) is 13.3 Å². The van der Waals surface area contributed by atoms with Crippen molar-refractivity contribution in [2.45, 2.75) is 19.4 Å². The number of hydrogen-bond donors (Lipinski definition) is 1. The lowest BCUT2D eigenvalue weighted by atomic mass is 10.1. The largest absolute Gasteiger partial charge is 0.481 e. The molecule has 0 aromatic heterocycles. The molecule has 0 aliphatic carbocycles. The van der Waals surface area contributed by atoms with Crippen molar-refractivity contribution in [3.05, 3.63) is 0 Å². The van der Waals surface area contributed by atoms with Gasteiger partial charge in [0, 0.05) is 12.6 Å². The highest BCUT2D eigenvalue weighted by Gasteiger charge is 2.37. The van der Waals surface area contributed by atoms with Gasteiger partial charge in [0.05, 0.1) is 12.2 Å². The van der Waals surface area contributed by atoms with E-state index in [-0.39, 0.29) is 12.6 Å². The minimum absolute atomic E-state index is 0.106. The molecule has 1 N–H and O–H groups in total. The van der Waals surface area contributed by atoms with Crippen molar-refractivity contribution in [3.63, 3.8) is 0 Å². The standard InChI is InChI=1S/C7H13NO4S/c1-5-3-6(7(9)10)4-8(5)13(2,11)12/h5-6H,3-4H2,1-2H3,(H,9,10). The Balaban J connectivity index is 2.79. The molecule has 2 atom stereocenters. The maximum absolute atomic E-state index is 11.1. The monoisotopic (exact) mass is 207 g/mol. The Bertz CT molecular complexity index is 310. The zero-order chi connectivity index (χ0) is 10.2. The molecule has 1 saturated heterocycles. The summed E-state index contributed by atoms with van der Waals surface area (Å²) in [7, 11) is -3.25. The van der Waals surface area contributed by atoms with Gasteiger partial charge in [0.15, 0.2) is 0 Å². The van der Waals surface area contributed by atoms with E-state index in [4.69, 9.17) is 5.11 Å². The van der Waals surface area contributed by atoms with Crippen molar-refractivity contribution in [3.8, 4) is 0 Å². The van der Waals surface area contributed by atoms with E-state index in [0.717, 1.165) is 6.26 Å². The smallest absolute Gasteiger partial charge is 0.307 e. The van der Waals surface area contributed by atoms with E-state index in [1.54, 1.807) is 6.92 Å². The van der Waals surface area contributed by atoms with Crippen LogP contribution in [0.25, 0.3) is 0 Å². The fourth-order valence-corrected chi connectivity index (χ4v) is 2.83. The molecule has 0 aromatic carbocycles. The molecule has 0 spiro atoms. The average Bonchev–Trinajstić information content (AvgIpc) is 2.29. The van der Waals surface area contributed by atoms with Crippen molar-refractivity contribution < 1.29 is 18.3 Å². The third-order valence-electron chi connectivity index (χ3n) is 2.29. The van der Waals surface area contributed by atoms with Crippen LogP contribution >= 0.6 is 0 Å². The summed E-state index contributed by atoms with van der Waals surface area (Å²) in [6.45, 7) is 1.83. The van der Waals surface area contributed by atoms with Crippen LogP contribution in [-0.2, 0) is 14.8 Å². The lowest BCUT2D eigenvalue weighted by Gasteiger charge is -2.17. The first kappa shape index (κ1) is 10.5. The summed E-state index contributed by atoms with van der Waals surface area (Å²) in [4.78, 5) is 10.6. The number of sulfonamides is 1. The topological polar surface area (TPSA) is 74.7 Å². The molecule has 0 bridgehead atoms. The van der Waals surface area contributed by atoms with Gasteiger partial charge in [-0.15, -0.1) is 0 Å². The van der Waals surface area contributed by atoms with Gasteiger partial charge in [-0.2, -0.15) is 4.31 Å². The van der Waals surface area contributed by atoms with Crippen LogP contribution in [0.4, 0.5) is 0 Å². The van der Waals surface area contributed by atoms with Gasteiger partial charge in [0.2, 0.25) is 10.0 Å². The van der Waals surface area contributed by atoms with E-state index in [2.05, 4.69) is 0 Å². The Morgan fingerprint density at radius 1 is 1.54 bits per heavy atom. The zero-order valence-corrected chi connectivity index (χ0v) is 8.41. The molecular formula is C7H13NO4S. The predicted octanol–water partition coefficient (Wildman–Crippen LogP) is -0.259. The minimum atomic E-state index is -3.25. The number of carbonyl (C=O) groups is 1. The molecule has 1 fully saturated rings. The summed E-state index contributed by atoms with van der Waals surface area (Å²) in [5, 5.41) is 8.69. The van der Waals surface area contributed by atoms with E-state index < -0.39 is 21.9 Å². The second-order valence-electron chi connectivity index (χ2n) is 3.45. The quantitative estimate of drug-likeness (QED) is 0.677. The summed E-state index contributed by atoms with van der Waals surface area (Å²) in [6, 6.07) is -0.198. The molecule has 0 amide bonds.